The van der Waals surface area contributed by atoms with Gasteiger partial charge in [0.2, 0.25) is 18.6 Å². The molecule has 1 heterocycles. The zero-order valence-electron chi connectivity index (χ0n) is 15.0. The van der Waals surface area contributed by atoms with Crippen LogP contribution < -0.4 is 20.1 Å². The van der Waals surface area contributed by atoms with Gasteiger partial charge in [0.15, 0.2) is 11.5 Å². The summed E-state index contributed by atoms with van der Waals surface area (Å²) in [7, 11) is 0. The molecule has 0 aromatic heterocycles. The summed E-state index contributed by atoms with van der Waals surface area (Å²) in [6.07, 6.45) is 0.830. The Bertz CT molecular complexity index is 823. The van der Waals surface area contributed by atoms with Crippen LogP contribution in [0.3, 0.4) is 0 Å². The third-order valence-corrected chi connectivity index (χ3v) is 4.46. The highest BCUT2D eigenvalue weighted by Crippen LogP contribution is 2.32. The highest BCUT2D eigenvalue weighted by Gasteiger charge is 2.17. The lowest BCUT2D eigenvalue weighted by Gasteiger charge is -2.18. The molecule has 0 fully saturated rings. The number of hydrogen-bond acceptors (Lipinski definition) is 4. The smallest absolute Gasteiger partial charge is 0.231 e. The van der Waals surface area contributed by atoms with Crippen LogP contribution in [0.2, 0.25) is 5.02 Å². The molecular weight excluding hydrogens is 368 g/mol. The lowest BCUT2D eigenvalue weighted by Crippen LogP contribution is -2.33. The van der Waals surface area contributed by atoms with Crippen LogP contribution in [-0.2, 0) is 16.0 Å². The monoisotopic (exact) mass is 388 g/mol. The molecule has 0 saturated heterocycles. The molecule has 2 amide bonds. The predicted molar refractivity (Wildman–Crippen MR) is 102 cm³/mol. The Kier molecular flexibility index (Phi) is 6.19. The second-order valence-electron chi connectivity index (χ2n) is 6.30. The Morgan fingerprint density at radius 3 is 2.59 bits per heavy atom. The number of fused-ring (bicyclic) bond motifs is 1. The van der Waals surface area contributed by atoms with Gasteiger partial charge in [0.1, 0.15) is 0 Å². The Labute approximate surface area is 162 Å². The van der Waals surface area contributed by atoms with Crippen molar-refractivity contribution in [3.8, 4) is 11.5 Å². The first kappa shape index (κ1) is 19.0. The van der Waals surface area contributed by atoms with Crippen molar-refractivity contribution >= 4 is 23.4 Å². The highest BCUT2D eigenvalue weighted by molar-refractivity contribution is 6.30. The Morgan fingerprint density at radius 1 is 1.11 bits per heavy atom. The molecule has 0 saturated carbocycles. The maximum atomic E-state index is 12.3. The van der Waals surface area contributed by atoms with Crippen molar-refractivity contribution in [1.82, 2.24) is 10.6 Å². The summed E-state index contributed by atoms with van der Waals surface area (Å²) < 4.78 is 10.6. The molecule has 0 bridgehead atoms. The number of amides is 2. The Balaban J connectivity index is 1.53. The van der Waals surface area contributed by atoms with Crippen LogP contribution in [0, 0.1) is 0 Å². The quantitative estimate of drug-likeness (QED) is 0.764. The number of rotatable bonds is 7. The van der Waals surface area contributed by atoms with Crippen LogP contribution in [0.25, 0.3) is 0 Å². The SMILES string of the molecule is CC(=O)NC(CC(=O)NCCc1ccc2c(c1)OCO2)c1ccc(Cl)cc1. The molecule has 2 aromatic carbocycles. The van der Waals surface area contributed by atoms with E-state index in [0.717, 1.165) is 22.6 Å². The molecule has 27 heavy (non-hydrogen) atoms. The first-order valence-electron chi connectivity index (χ1n) is 8.69. The normalized spacial score (nSPS) is 13.1. The molecule has 1 aliphatic rings. The Hall–Kier alpha value is -2.73. The molecule has 2 N–H and O–H groups in total. The van der Waals surface area contributed by atoms with Crippen LogP contribution in [0.4, 0.5) is 0 Å². The van der Waals surface area contributed by atoms with Crippen molar-refractivity contribution in [1.29, 1.82) is 0 Å². The van der Waals surface area contributed by atoms with E-state index in [1.807, 2.05) is 30.3 Å². The van der Waals surface area contributed by atoms with E-state index in [0.29, 0.717) is 18.0 Å². The number of halogens is 1. The van der Waals surface area contributed by atoms with Gasteiger partial charge in [-0.05, 0) is 41.8 Å². The van der Waals surface area contributed by atoms with E-state index < -0.39 is 6.04 Å². The molecule has 142 valence electrons. The minimum Gasteiger partial charge on any atom is -0.454 e. The minimum atomic E-state index is -0.398. The van der Waals surface area contributed by atoms with E-state index in [4.69, 9.17) is 21.1 Å². The lowest BCUT2D eigenvalue weighted by molar-refractivity contribution is -0.122. The number of carbonyl (C=O) groups excluding carboxylic acids is 2. The van der Waals surface area contributed by atoms with Crippen LogP contribution in [0.15, 0.2) is 42.5 Å². The van der Waals surface area contributed by atoms with E-state index in [-0.39, 0.29) is 25.0 Å². The zero-order valence-corrected chi connectivity index (χ0v) is 15.7. The van der Waals surface area contributed by atoms with Crippen LogP contribution in [0.5, 0.6) is 11.5 Å². The van der Waals surface area contributed by atoms with Gasteiger partial charge in [-0.15, -0.1) is 0 Å². The number of carbonyl (C=O) groups is 2. The van der Waals surface area contributed by atoms with Crippen molar-refractivity contribution in [2.24, 2.45) is 0 Å². The van der Waals surface area contributed by atoms with Crippen molar-refractivity contribution in [2.75, 3.05) is 13.3 Å². The third-order valence-electron chi connectivity index (χ3n) is 4.21. The standard InChI is InChI=1S/C20H21ClN2O4/c1-13(24)23-17(15-3-5-16(21)6-4-15)11-20(25)22-9-8-14-2-7-18-19(10-14)27-12-26-18/h2-7,10,17H,8-9,11-12H2,1H3,(H,22,25)(H,23,24). The average molecular weight is 389 g/mol. The van der Waals surface area contributed by atoms with Gasteiger partial charge in [0.05, 0.1) is 12.5 Å². The van der Waals surface area contributed by atoms with Gasteiger partial charge in [0.25, 0.3) is 0 Å². The Morgan fingerprint density at radius 2 is 1.85 bits per heavy atom. The molecule has 3 rings (SSSR count). The van der Waals surface area contributed by atoms with Gasteiger partial charge in [0, 0.05) is 18.5 Å². The van der Waals surface area contributed by atoms with Gasteiger partial charge in [-0.3, -0.25) is 9.59 Å². The van der Waals surface area contributed by atoms with Gasteiger partial charge in [-0.25, -0.2) is 0 Å². The second-order valence-corrected chi connectivity index (χ2v) is 6.73. The number of hydrogen-bond donors (Lipinski definition) is 2. The van der Waals surface area contributed by atoms with Crippen LogP contribution >= 0.6 is 11.6 Å². The molecule has 1 atom stereocenters. The molecule has 0 radical (unpaired) electrons. The van der Waals surface area contributed by atoms with Gasteiger partial charge >= 0.3 is 0 Å². The summed E-state index contributed by atoms with van der Waals surface area (Å²) in [6.45, 7) is 2.16. The van der Waals surface area contributed by atoms with Crippen LogP contribution in [-0.4, -0.2) is 25.2 Å². The van der Waals surface area contributed by atoms with Crippen molar-refractivity contribution in [3.05, 3.63) is 58.6 Å². The molecule has 6 nitrogen and oxygen atoms in total. The first-order valence-corrected chi connectivity index (χ1v) is 9.07. The fourth-order valence-electron chi connectivity index (χ4n) is 2.89. The topological polar surface area (TPSA) is 76.7 Å². The van der Waals surface area contributed by atoms with E-state index in [2.05, 4.69) is 10.6 Å². The number of nitrogens with one attached hydrogen (secondary N) is 2. The highest BCUT2D eigenvalue weighted by atomic mass is 35.5. The van der Waals surface area contributed by atoms with Crippen molar-refractivity contribution in [2.45, 2.75) is 25.8 Å². The van der Waals surface area contributed by atoms with E-state index >= 15 is 0 Å². The van der Waals surface area contributed by atoms with Crippen LogP contribution in [0.1, 0.15) is 30.5 Å². The zero-order chi connectivity index (χ0) is 19.2. The molecule has 7 heteroatoms. The first-order chi connectivity index (χ1) is 13.0. The van der Waals surface area contributed by atoms with Gasteiger partial charge in [-0.1, -0.05) is 29.8 Å². The molecule has 0 spiro atoms. The second kappa shape index (κ2) is 8.77. The summed E-state index contributed by atoms with van der Waals surface area (Å²) in [4.78, 5) is 23.8. The summed E-state index contributed by atoms with van der Waals surface area (Å²) in [6, 6.07) is 12.4. The fourth-order valence-corrected chi connectivity index (χ4v) is 3.02. The molecule has 1 aliphatic heterocycles. The average Bonchev–Trinajstić information content (AvgIpc) is 3.09. The number of ether oxygens (including phenoxy) is 2. The van der Waals surface area contributed by atoms with Crippen molar-refractivity contribution in [3.63, 3.8) is 0 Å². The summed E-state index contributed by atoms with van der Waals surface area (Å²) in [5.41, 5.74) is 1.89. The fraction of sp³-hybridized carbons (Fsp3) is 0.300. The summed E-state index contributed by atoms with van der Waals surface area (Å²) in [5, 5.41) is 6.31. The third kappa shape index (κ3) is 5.37. The van der Waals surface area contributed by atoms with E-state index in [1.54, 1.807) is 12.1 Å². The van der Waals surface area contributed by atoms with E-state index in [1.165, 1.54) is 6.92 Å². The van der Waals surface area contributed by atoms with Gasteiger partial charge in [-0.2, -0.15) is 0 Å². The molecule has 1 unspecified atom stereocenters. The summed E-state index contributed by atoms with van der Waals surface area (Å²) in [5.74, 6) is 1.14. The van der Waals surface area contributed by atoms with Gasteiger partial charge < -0.3 is 20.1 Å². The lowest BCUT2D eigenvalue weighted by atomic mass is 10.0. The molecular formula is C20H21ClN2O4. The molecule has 2 aromatic rings. The predicted octanol–water partition coefficient (Wildman–Crippen LogP) is 2.99. The maximum absolute atomic E-state index is 12.3. The minimum absolute atomic E-state index is 0.135. The maximum Gasteiger partial charge on any atom is 0.231 e. The largest absolute Gasteiger partial charge is 0.454 e. The number of benzene rings is 2. The van der Waals surface area contributed by atoms with E-state index in [9.17, 15) is 9.59 Å². The van der Waals surface area contributed by atoms with Crippen molar-refractivity contribution < 1.29 is 19.1 Å². The summed E-state index contributed by atoms with van der Waals surface area (Å²) >= 11 is 5.91. The molecule has 0 aliphatic carbocycles.